The molecular formula is C24H21ClFN5O2. The van der Waals surface area contributed by atoms with E-state index in [1.54, 1.807) is 18.5 Å². The van der Waals surface area contributed by atoms with E-state index in [1.807, 2.05) is 11.0 Å². The van der Waals surface area contributed by atoms with Crippen LogP contribution in [0.5, 0.6) is 5.88 Å². The minimum Gasteiger partial charge on any atom is -0.477 e. The molecule has 1 saturated heterocycles. The topological polar surface area (TPSA) is 97.1 Å². The van der Waals surface area contributed by atoms with Crippen LogP contribution in [0.15, 0.2) is 36.7 Å². The number of hydrogen-bond donors (Lipinski definition) is 2. The fourth-order valence-corrected chi connectivity index (χ4v) is 5.43. The van der Waals surface area contributed by atoms with Gasteiger partial charge in [0.1, 0.15) is 5.82 Å². The van der Waals surface area contributed by atoms with Gasteiger partial charge in [-0.25, -0.2) is 14.4 Å². The Morgan fingerprint density at radius 2 is 2.12 bits per heavy atom. The number of aromatic nitrogens is 3. The lowest BCUT2D eigenvalue weighted by Gasteiger charge is -2.33. The molecule has 3 aliphatic rings. The number of amides is 1. The third-order valence-electron chi connectivity index (χ3n) is 6.77. The predicted molar refractivity (Wildman–Crippen MR) is 122 cm³/mol. The summed E-state index contributed by atoms with van der Waals surface area (Å²) in [5, 5.41) is -0.00427. The molecular weight excluding hydrogens is 445 g/mol. The lowest BCUT2D eigenvalue weighted by atomic mass is 9.92. The van der Waals surface area contributed by atoms with Crippen molar-refractivity contribution < 1.29 is 13.9 Å². The summed E-state index contributed by atoms with van der Waals surface area (Å²) in [5.74, 6) is 0.665. The number of ether oxygens (including phenoxy) is 1. The largest absolute Gasteiger partial charge is 0.477 e. The van der Waals surface area contributed by atoms with Crippen LogP contribution in [0, 0.1) is 5.82 Å². The van der Waals surface area contributed by atoms with E-state index in [-0.39, 0.29) is 34.3 Å². The minimum absolute atomic E-state index is 0.00427. The molecule has 0 spiro atoms. The maximum absolute atomic E-state index is 14.7. The van der Waals surface area contributed by atoms with Gasteiger partial charge in [0, 0.05) is 47.1 Å². The van der Waals surface area contributed by atoms with E-state index < -0.39 is 5.82 Å². The van der Waals surface area contributed by atoms with Crippen molar-refractivity contribution in [3.8, 4) is 17.1 Å². The summed E-state index contributed by atoms with van der Waals surface area (Å²) in [5.41, 5.74) is 10.1. The molecule has 0 bridgehead atoms. The number of pyridine rings is 1. The first-order chi connectivity index (χ1) is 16.0. The molecule has 168 valence electrons. The number of H-pyrrole nitrogens is 1. The van der Waals surface area contributed by atoms with E-state index in [4.69, 9.17) is 22.1 Å². The van der Waals surface area contributed by atoms with Crippen LogP contribution in [0.1, 0.15) is 42.3 Å². The van der Waals surface area contributed by atoms with Gasteiger partial charge >= 0.3 is 0 Å². The van der Waals surface area contributed by atoms with Crippen molar-refractivity contribution in [3.63, 3.8) is 0 Å². The Kier molecular flexibility index (Phi) is 4.65. The average molecular weight is 466 g/mol. The fourth-order valence-electron chi connectivity index (χ4n) is 5.27. The fraction of sp³-hybridized carbons (Fsp3) is 0.292. The number of anilines is 1. The standard InChI is InChI=1S/C24H21ClFN5O2/c25-16-2-3-17(27)21(22(16)26)12-9-13-1-4-19(31(13)20(32)10-12)23-29-11-18(30-23)14-5-7-28-24-15(14)6-8-33-24/h2-3,5,7,10-11,13,19H,1,4,6,8-9,27H2,(H,29,30)/t13-,19+/m1/s1. The van der Waals surface area contributed by atoms with E-state index in [9.17, 15) is 9.18 Å². The summed E-state index contributed by atoms with van der Waals surface area (Å²) < 4.78 is 20.3. The number of rotatable bonds is 3. The van der Waals surface area contributed by atoms with Gasteiger partial charge in [-0.3, -0.25) is 4.79 Å². The number of carbonyl (C=O) groups excluding carboxylic acids is 1. The third kappa shape index (κ3) is 3.20. The minimum atomic E-state index is -0.580. The lowest BCUT2D eigenvalue weighted by molar-refractivity contribution is -0.129. The third-order valence-corrected chi connectivity index (χ3v) is 7.06. The second kappa shape index (κ2) is 7.59. The van der Waals surface area contributed by atoms with Gasteiger partial charge in [0.2, 0.25) is 11.8 Å². The lowest BCUT2D eigenvalue weighted by Crippen LogP contribution is -2.39. The molecule has 2 atom stereocenters. The molecule has 33 heavy (non-hydrogen) atoms. The zero-order valence-electron chi connectivity index (χ0n) is 17.6. The van der Waals surface area contributed by atoms with Crippen molar-refractivity contribution in [1.82, 2.24) is 19.9 Å². The van der Waals surface area contributed by atoms with Crippen LogP contribution in [0.2, 0.25) is 5.02 Å². The first kappa shape index (κ1) is 20.2. The molecule has 6 rings (SSSR count). The van der Waals surface area contributed by atoms with Crippen molar-refractivity contribution in [2.24, 2.45) is 0 Å². The molecule has 0 unspecified atom stereocenters. The van der Waals surface area contributed by atoms with Gasteiger partial charge in [0.15, 0.2) is 5.82 Å². The first-order valence-electron chi connectivity index (χ1n) is 10.9. The van der Waals surface area contributed by atoms with Crippen molar-refractivity contribution in [2.75, 3.05) is 12.3 Å². The van der Waals surface area contributed by atoms with E-state index >= 15 is 0 Å². The van der Waals surface area contributed by atoms with Gasteiger partial charge < -0.3 is 20.4 Å². The van der Waals surface area contributed by atoms with E-state index in [0.717, 1.165) is 41.9 Å². The number of nitrogen functional groups attached to an aromatic ring is 1. The first-order valence-corrected chi connectivity index (χ1v) is 11.3. The number of aromatic amines is 1. The number of nitrogens with one attached hydrogen (secondary N) is 1. The highest BCUT2D eigenvalue weighted by Crippen LogP contribution is 2.44. The van der Waals surface area contributed by atoms with Crippen molar-refractivity contribution >= 4 is 28.8 Å². The molecule has 5 heterocycles. The molecule has 0 saturated carbocycles. The quantitative estimate of drug-likeness (QED) is 0.562. The molecule has 0 radical (unpaired) electrons. The highest BCUT2D eigenvalue weighted by atomic mass is 35.5. The van der Waals surface area contributed by atoms with Gasteiger partial charge in [-0.1, -0.05) is 11.6 Å². The summed E-state index contributed by atoms with van der Waals surface area (Å²) in [4.78, 5) is 27.3. The van der Waals surface area contributed by atoms with Gasteiger partial charge in [0.25, 0.3) is 0 Å². The molecule has 9 heteroatoms. The molecule has 3 aliphatic heterocycles. The van der Waals surface area contributed by atoms with Crippen LogP contribution in [-0.4, -0.2) is 38.4 Å². The Morgan fingerprint density at radius 3 is 3.00 bits per heavy atom. The monoisotopic (exact) mass is 465 g/mol. The normalized spacial score (nSPS) is 21.6. The van der Waals surface area contributed by atoms with Gasteiger partial charge in [-0.05, 0) is 43.0 Å². The summed E-state index contributed by atoms with van der Waals surface area (Å²) in [6.45, 7) is 0.624. The Bertz CT molecular complexity index is 1320. The molecule has 1 fully saturated rings. The second-order valence-corrected chi connectivity index (χ2v) is 9.02. The number of nitrogens with two attached hydrogens (primary N) is 1. The number of halogens is 2. The Labute approximate surface area is 194 Å². The molecule has 7 nitrogen and oxygen atoms in total. The number of carbonyl (C=O) groups is 1. The van der Waals surface area contributed by atoms with Gasteiger partial charge in [-0.2, -0.15) is 0 Å². The SMILES string of the molecule is Nc1ccc(Cl)c(F)c1C1=CC(=O)N2[C@H](CC[C@H]2c2ncc(-c3ccnc4c3CCO4)[nH]2)C1. The summed E-state index contributed by atoms with van der Waals surface area (Å²) >= 11 is 5.97. The van der Waals surface area contributed by atoms with E-state index in [2.05, 4.69) is 15.0 Å². The summed E-state index contributed by atoms with van der Waals surface area (Å²) in [7, 11) is 0. The molecule has 0 aliphatic carbocycles. The molecule has 3 N–H and O–H groups in total. The predicted octanol–water partition coefficient (Wildman–Crippen LogP) is 4.30. The second-order valence-electron chi connectivity index (χ2n) is 8.61. The smallest absolute Gasteiger partial charge is 0.247 e. The van der Waals surface area contributed by atoms with Crippen LogP contribution in [0.3, 0.4) is 0 Å². The average Bonchev–Trinajstić information content (AvgIpc) is 3.55. The van der Waals surface area contributed by atoms with Crippen LogP contribution in [0.4, 0.5) is 10.1 Å². The number of imidazole rings is 1. The van der Waals surface area contributed by atoms with E-state index in [0.29, 0.717) is 24.5 Å². The van der Waals surface area contributed by atoms with Crippen LogP contribution < -0.4 is 10.5 Å². The Balaban J connectivity index is 1.31. The maximum atomic E-state index is 14.7. The zero-order valence-corrected chi connectivity index (χ0v) is 18.4. The Morgan fingerprint density at radius 1 is 1.24 bits per heavy atom. The number of hydrogen-bond acceptors (Lipinski definition) is 5. The molecule has 2 aromatic heterocycles. The highest BCUT2D eigenvalue weighted by molar-refractivity contribution is 6.31. The molecule has 3 aromatic rings. The Hall–Kier alpha value is -3.39. The van der Waals surface area contributed by atoms with Crippen LogP contribution in [-0.2, 0) is 11.2 Å². The zero-order chi connectivity index (χ0) is 22.7. The van der Waals surface area contributed by atoms with Gasteiger partial charge in [0.05, 0.1) is 29.6 Å². The van der Waals surface area contributed by atoms with Crippen LogP contribution in [0.25, 0.3) is 16.8 Å². The maximum Gasteiger partial charge on any atom is 0.247 e. The van der Waals surface area contributed by atoms with Crippen molar-refractivity contribution in [1.29, 1.82) is 0 Å². The van der Waals surface area contributed by atoms with E-state index in [1.165, 1.54) is 12.1 Å². The number of nitrogens with zero attached hydrogens (tertiary/aromatic N) is 3. The molecule has 1 aromatic carbocycles. The summed E-state index contributed by atoms with van der Waals surface area (Å²) in [6.07, 6.45) is 7.91. The van der Waals surface area contributed by atoms with Gasteiger partial charge in [-0.15, -0.1) is 0 Å². The van der Waals surface area contributed by atoms with Crippen molar-refractivity contribution in [2.45, 2.75) is 37.8 Å². The number of benzene rings is 1. The molecule has 1 amide bonds. The van der Waals surface area contributed by atoms with Crippen LogP contribution >= 0.6 is 11.6 Å². The highest BCUT2D eigenvalue weighted by Gasteiger charge is 2.42. The number of fused-ring (bicyclic) bond motifs is 2. The van der Waals surface area contributed by atoms with Crippen molar-refractivity contribution in [3.05, 3.63) is 64.5 Å². The summed E-state index contributed by atoms with van der Waals surface area (Å²) in [6, 6.07) is 4.74.